The van der Waals surface area contributed by atoms with Gasteiger partial charge in [-0.15, -0.1) is 20.2 Å². The molecule has 15 nitrogen and oxygen atoms in total. The second kappa shape index (κ2) is 26.1. The van der Waals surface area contributed by atoms with Gasteiger partial charge in [0.2, 0.25) is 0 Å². The molecule has 308 valence electrons. The van der Waals surface area contributed by atoms with E-state index in [-0.39, 0.29) is 44.2 Å². The predicted octanol–water partition coefficient (Wildman–Crippen LogP) is 8.88. The zero-order valence-electron chi connectivity index (χ0n) is 33.2. The summed E-state index contributed by atoms with van der Waals surface area (Å²) < 4.78 is 22.5. The largest absolute Gasteiger partial charge is 0.508 e. The molecule has 1 aromatic carbocycles. The Bertz CT molecular complexity index is 1420. The SMILES string of the molecule is C=C(CCC/C(C)=C(/C)C[C@H]1C(C)C[C@@H](OC(=O)OCCCCO[N+](=O)[O-])[C@@H]1/C=C(\C)[C@H](CCc1ccccc1)OC(=O)OCCCCO[N+](=O)[O-])NCC. The van der Waals surface area contributed by atoms with Gasteiger partial charge >= 0.3 is 12.3 Å². The molecule has 0 aliphatic heterocycles. The molecule has 0 spiro atoms. The van der Waals surface area contributed by atoms with E-state index in [2.05, 4.69) is 55.3 Å². The van der Waals surface area contributed by atoms with Crippen molar-refractivity contribution in [3.63, 3.8) is 0 Å². The summed E-state index contributed by atoms with van der Waals surface area (Å²) in [5.74, 6) is 0.0879. The van der Waals surface area contributed by atoms with Crippen molar-refractivity contribution in [3.05, 3.63) is 91.2 Å². The van der Waals surface area contributed by atoms with Crippen LogP contribution in [0.25, 0.3) is 0 Å². The third-order valence-electron chi connectivity index (χ3n) is 9.88. The molecule has 1 N–H and O–H groups in total. The molecule has 1 unspecified atom stereocenters. The van der Waals surface area contributed by atoms with Crippen LogP contribution in [0.4, 0.5) is 9.59 Å². The number of unbranched alkanes of at least 4 members (excludes halogenated alkanes) is 2. The second-order valence-electron chi connectivity index (χ2n) is 14.1. The lowest BCUT2D eigenvalue weighted by Crippen LogP contribution is -2.27. The molecular formula is C40H61N3O12. The minimum atomic E-state index is -0.861. The van der Waals surface area contributed by atoms with Gasteiger partial charge in [-0.05, 0) is 121 Å². The minimum Gasteiger partial charge on any atom is -0.434 e. The first-order chi connectivity index (χ1) is 26.3. The molecular weight excluding hydrogens is 714 g/mol. The summed E-state index contributed by atoms with van der Waals surface area (Å²) in [6.45, 7) is 15.3. The molecule has 0 aromatic heterocycles. The summed E-state index contributed by atoms with van der Waals surface area (Å²) >= 11 is 0. The Balaban J connectivity index is 2.28. The van der Waals surface area contributed by atoms with Gasteiger partial charge in [-0.2, -0.15) is 0 Å². The molecule has 1 saturated carbocycles. The predicted molar refractivity (Wildman–Crippen MR) is 206 cm³/mol. The van der Waals surface area contributed by atoms with Crippen LogP contribution in [0.2, 0.25) is 0 Å². The molecule has 0 heterocycles. The molecule has 5 atom stereocenters. The van der Waals surface area contributed by atoms with Crippen LogP contribution in [0, 0.1) is 38.0 Å². The fourth-order valence-corrected chi connectivity index (χ4v) is 6.73. The zero-order valence-corrected chi connectivity index (χ0v) is 33.2. The fourth-order valence-electron chi connectivity index (χ4n) is 6.73. The van der Waals surface area contributed by atoms with Crippen molar-refractivity contribution in [2.75, 3.05) is 33.0 Å². The van der Waals surface area contributed by atoms with Crippen LogP contribution in [0.5, 0.6) is 0 Å². The number of nitrogens with one attached hydrogen (secondary N) is 1. The molecule has 0 amide bonds. The van der Waals surface area contributed by atoms with E-state index < -0.39 is 34.7 Å². The molecule has 1 fully saturated rings. The first-order valence-corrected chi connectivity index (χ1v) is 19.3. The van der Waals surface area contributed by atoms with Crippen LogP contribution in [0.15, 0.2) is 65.4 Å². The Kier molecular flexibility index (Phi) is 22.0. The Morgan fingerprint density at radius 3 is 2.09 bits per heavy atom. The number of hydrogen-bond donors (Lipinski definition) is 1. The Labute approximate surface area is 325 Å². The summed E-state index contributed by atoms with van der Waals surface area (Å²) in [6, 6.07) is 9.86. The van der Waals surface area contributed by atoms with E-state index in [0.29, 0.717) is 44.9 Å². The number of aryl methyl sites for hydroxylation is 1. The molecule has 55 heavy (non-hydrogen) atoms. The van der Waals surface area contributed by atoms with Crippen molar-refractivity contribution >= 4 is 12.3 Å². The molecule has 0 bridgehead atoms. The molecule has 1 aliphatic carbocycles. The molecule has 1 aliphatic rings. The number of hydrogen-bond acceptors (Lipinski definition) is 13. The van der Waals surface area contributed by atoms with E-state index in [1.165, 1.54) is 11.1 Å². The maximum absolute atomic E-state index is 12.9. The van der Waals surface area contributed by atoms with Crippen LogP contribution in [-0.4, -0.2) is 67.7 Å². The summed E-state index contributed by atoms with van der Waals surface area (Å²) in [6.07, 6.45) is 6.04. The maximum Gasteiger partial charge on any atom is 0.508 e. The third kappa shape index (κ3) is 19.4. The number of allylic oxidation sites excluding steroid dienone is 3. The van der Waals surface area contributed by atoms with Crippen LogP contribution in [0.3, 0.4) is 0 Å². The van der Waals surface area contributed by atoms with Gasteiger partial charge < -0.3 is 33.9 Å². The van der Waals surface area contributed by atoms with Gasteiger partial charge in [0.1, 0.15) is 12.2 Å². The van der Waals surface area contributed by atoms with Crippen molar-refractivity contribution in [2.24, 2.45) is 17.8 Å². The van der Waals surface area contributed by atoms with Gasteiger partial charge in [-0.1, -0.05) is 61.1 Å². The first kappa shape index (κ1) is 46.3. The minimum absolute atomic E-state index is 0.0191. The normalized spacial score (nSPS) is 19.0. The molecule has 0 radical (unpaired) electrons. The Hall–Kier alpha value is -4.82. The summed E-state index contributed by atoms with van der Waals surface area (Å²) in [4.78, 5) is 55.2. The van der Waals surface area contributed by atoms with E-state index in [1.54, 1.807) is 0 Å². The van der Waals surface area contributed by atoms with Gasteiger partial charge in [-0.25, -0.2) is 9.59 Å². The molecule has 0 saturated heterocycles. The fraction of sp³-hybridized carbons (Fsp3) is 0.650. The van der Waals surface area contributed by atoms with Gasteiger partial charge in [0, 0.05) is 18.2 Å². The number of carbonyl (C=O) groups excluding carboxylic acids is 2. The topological polar surface area (TPSA) is 188 Å². The van der Waals surface area contributed by atoms with Crippen LogP contribution in [-0.2, 0) is 35.0 Å². The summed E-state index contributed by atoms with van der Waals surface area (Å²) in [7, 11) is 0. The number of nitrogens with zero attached hydrogens (tertiary/aromatic N) is 2. The number of ether oxygens (including phenoxy) is 4. The van der Waals surface area contributed by atoms with Crippen molar-refractivity contribution in [3.8, 4) is 0 Å². The number of benzene rings is 1. The average molecular weight is 776 g/mol. The molecule has 2 rings (SSSR count). The van der Waals surface area contributed by atoms with Gasteiger partial charge in [0.05, 0.1) is 26.4 Å². The van der Waals surface area contributed by atoms with Crippen LogP contribution >= 0.6 is 0 Å². The van der Waals surface area contributed by atoms with E-state index >= 15 is 0 Å². The highest BCUT2D eigenvalue weighted by Gasteiger charge is 2.43. The van der Waals surface area contributed by atoms with E-state index in [9.17, 15) is 29.8 Å². The van der Waals surface area contributed by atoms with Crippen molar-refractivity contribution in [1.82, 2.24) is 5.32 Å². The van der Waals surface area contributed by atoms with E-state index in [0.717, 1.165) is 49.1 Å². The lowest BCUT2D eigenvalue weighted by Gasteiger charge is -2.27. The summed E-state index contributed by atoms with van der Waals surface area (Å²) in [5, 5.41) is 22.3. The van der Waals surface area contributed by atoms with E-state index in [4.69, 9.17) is 18.9 Å². The Morgan fingerprint density at radius 1 is 0.891 bits per heavy atom. The van der Waals surface area contributed by atoms with Gasteiger partial charge in [0.15, 0.2) is 0 Å². The Morgan fingerprint density at radius 2 is 1.49 bits per heavy atom. The lowest BCUT2D eigenvalue weighted by atomic mass is 9.82. The first-order valence-electron chi connectivity index (χ1n) is 19.3. The third-order valence-corrected chi connectivity index (χ3v) is 9.88. The zero-order chi connectivity index (χ0) is 40.6. The van der Waals surface area contributed by atoms with Crippen LogP contribution in [0.1, 0.15) is 104 Å². The second-order valence-corrected chi connectivity index (χ2v) is 14.1. The number of carbonyl (C=O) groups is 2. The van der Waals surface area contributed by atoms with Gasteiger partial charge in [-0.3, -0.25) is 0 Å². The van der Waals surface area contributed by atoms with Crippen molar-refractivity contribution in [2.45, 2.75) is 117 Å². The highest BCUT2D eigenvalue weighted by atomic mass is 17.0. The standard InChI is InChI=1S/C40H61N3O12/c1-7-41-33(6)17-15-16-29(2)30(3)26-35-31(4)28-38(55-40(45)51-23-12-14-25-53-43(48)49)36(35)27-32(5)37(21-20-34-18-9-8-10-19-34)54-39(44)50-22-11-13-24-52-42(46)47/h8-10,18-19,27,31,35-38,41H,6-7,11-17,20-26,28H2,1-5H3/b30-29-,32-27+/t31?,35-,36+,37-,38+/m0/s1. The summed E-state index contributed by atoms with van der Waals surface area (Å²) in [5.41, 5.74) is 5.51. The van der Waals surface area contributed by atoms with Crippen LogP contribution < -0.4 is 5.32 Å². The smallest absolute Gasteiger partial charge is 0.434 e. The highest BCUT2D eigenvalue weighted by Crippen LogP contribution is 2.44. The van der Waals surface area contributed by atoms with E-state index in [1.807, 2.05) is 37.3 Å². The maximum atomic E-state index is 12.9. The van der Waals surface area contributed by atoms with Gasteiger partial charge in [0.25, 0.3) is 10.2 Å². The molecule has 1 aromatic rings. The monoisotopic (exact) mass is 775 g/mol. The van der Waals surface area contributed by atoms with Crippen molar-refractivity contribution < 1.29 is 48.4 Å². The number of rotatable bonds is 27. The quantitative estimate of drug-likeness (QED) is 0.0294. The average Bonchev–Trinajstić information content (AvgIpc) is 3.41. The highest BCUT2D eigenvalue weighted by molar-refractivity contribution is 5.61. The lowest BCUT2D eigenvalue weighted by molar-refractivity contribution is -0.757. The molecule has 15 heteroatoms. The van der Waals surface area contributed by atoms with Crippen molar-refractivity contribution in [1.29, 1.82) is 0 Å².